The van der Waals surface area contributed by atoms with Crippen LogP contribution >= 0.6 is 0 Å². The maximum atomic E-state index is 11.2. The van der Waals surface area contributed by atoms with Crippen molar-refractivity contribution in [2.75, 3.05) is 7.11 Å². The molecule has 0 bridgehead atoms. The summed E-state index contributed by atoms with van der Waals surface area (Å²) in [7, 11) is 2.97. The Hall–Kier alpha value is -1.95. The molecule has 1 aromatic carbocycles. The molecule has 0 aliphatic carbocycles. The average molecular weight is 221 g/mol. The number of aryl methyl sites for hydroxylation is 1. The Labute approximate surface area is 91.4 Å². The van der Waals surface area contributed by atoms with E-state index in [1.807, 2.05) is 0 Å². The third-order valence-corrected chi connectivity index (χ3v) is 2.37. The van der Waals surface area contributed by atoms with Crippen molar-refractivity contribution in [2.45, 2.75) is 6.10 Å². The van der Waals surface area contributed by atoms with Crippen molar-refractivity contribution >= 4 is 17.0 Å². The van der Waals surface area contributed by atoms with Crippen LogP contribution in [0.2, 0.25) is 0 Å². The molecule has 2 aromatic rings. The Balaban J connectivity index is 2.45. The van der Waals surface area contributed by atoms with Gasteiger partial charge in [-0.1, -0.05) is 11.3 Å². The number of hydrogen-bond acceptors (Lipinski definition) is 5. The van der Waals surface area contributed by atoms with Gasteiger partial charge in [0.2, 0.25) is 0 Å². The van der Waals surface area contributed by atoms with E-state index < -0.39 is 12.1 Å². The minimum Gasteiger partial charge on any atom is -0.467 e. The lowest BCUT2D eigenvalue weighted by molar-refractivity contribution is -0.150. The van der Waals surface area contributed by atoms with Gasteiger partial charge in [0, 0.05) is 7.05 Å². The van der Waals surface area contributed by atoms with E-state index in [1.165, 1.54) is 7.11 Å². The van der Waals surface area contributed by atoms with Gasteiger partial charge >= 0.3 is 5.97 Å². The van der Waals surface area contributed by atoms with E-state index >= 15 is 0 Å². The number of hydrogen-bond donors (Lipinski definition) is 1. The van der Waals surface area contributed by atoms with E-state index in [1.54, 1.807) is 29.9 Å². The number of aliphatic hydroxyl groups excluding tert-OH is 1. The Morgan fingerprint density at radius 2 is 2.31 bits per heavy atom. The van der Waals surface area contributed by atoms with Gasteiger partial charge in [-0.3, -0.25) is 0 Å². The molecule has 0 radical (unpaired) electrons. The predicted octanol–water partition coefficient (Wildman–Crippen LogP) is 0.175. The Bertz CT molecular complexity index is 535. The van der Waals surface area contributed by atoms with Crippen LogP contribution in [-0.2, 0) is 16.6 Å². The molecule has 2 rings (SSSR count). The zero-order valence-corrected chi connectivity index (χ0v) is 8.91. The molecule has 0 fully saturated rings. The third kappa shape index (κ3) is 1.63. The van der Waals surface area contributed by atoms with Crippen LogP contribution in [0.15, 0.2) is 18.2 Å². The summed E-state index contributed by atoms with van der Waals surface area (Å²) >= 11 is 0. The largest absolute Gasteiger partial charge is 0.467 e. The number of esters is 1. The predicted molar refractivity (Wildman–Crippen MR) is 55.5 cm³/mol. The molecule has 0 amide bonds. The molecule has 6 nitrogen and oxygen atoms in total. The van der Waals surface area contributed by atoms with E-state index in [2.05, 4.69) is 15.0 Å². The van der Waals surface area contributed by atoms with Crippen molar-refractivity contribution < 1.29 is 14.6 Å². The average Bonchev–Trinajstić information content (AvgIpc) is 2.68. The van der Waals surface area contributed by atoms with Crippen LogP contribution in [0.1, 0.15) is 11.7 Å². The first-order chi connectivity index (χ1) is 7.63. The molecule has 6 heteroatoms. The summed E-state index contributed by atoms with van der Waals surface area (Å²) in [6.45, 7) is 0. The van der Waals surface area contributed by atoms with Gasteiger partial charge in [0.15, 0.2) is 6.10 Å². The zero-order chi connectivity index (χ0) is 11.7. The fraction of sp³-hybridized carbons (Fsp3) is 0.300. The molecular weight excluding hydrogens is 210 g/mol. The lowest BCUT2D eigenvalue weighted by Crippen LogP contribution is -2.13. The van der Waals surface area contributed by atoms with Crippen molar-refractivity contribution in [2.24, 2.45) is 7.05 Å². The van der Waals surface area contributed by atoms with Gasteiger partial charge in [-0.05, 0) is 17.7 Å². The zero-order valence-electron chi connectivity index (χ0n) is 8.91. The van der Waals surface area contributed by atoms with E-state index in [0.29, 0.717) is 11.1 Å². The van der Waals surface area contributed by atoms with Gasteiger partial charge in [-0.15, -0.1) is 5.10 Å². The van der Waals surface area contributed by atoms with E-state index in [-0.39, 0.29) is 0 Å². The summed E-state index contributed by atoms with van der Waals surface area (Å²) in [6.07, 6.45) is -1.27. The quantitative estimate of drug-likeness (QED) is 0.732. The van der Waals surface area contributed by atoms with Gasteiger partial charge < -0.3 is 9.84 Å². The molecule has 1 heterocycles. The standard InChI is InChI=1S/C10H11N3O3/c1-13-8-5-6(9(14)10(15)16-2)3-4-7(8)11-12-13/h3-5,9,14H,1-2H3. The van der Waals surface area contributed by atoms with Crippen molar-refractivity contribution in [3.8, 4) is 0 Å². The lowest BCUT2D eigenvalue weighted by atomic mass is 10.1. The van der Waals surface area contributed by atoms with Crippen LogP contribution in [0.3, 0.4) is 0 Å². The topological polar surface area (TPSA) is 77.2 Å². The molecule has 1 atom stereocenters. The minimum atomic E-state index is -1.27. The molecule has 0 aliphatic heterocycles. The highest BCUT2D eigenvalue weighted by Gasteiger charge is 2.18. The molecule has 1 aromatic heterocycles. The minimum absolute atomic E-state index is 0.463. The van der Waals surface area contributed by atoms with Crippen LogP contribution in [0, 0.1) is 0 Å². The van der Waals surface area contributed by atoms with Gasteiger partial charge in [0.05, 0.1) is 12.6 Å². The molecule has 0 saturated heterocycles. The second kappa shape index (κ2) is 3.90. The van der Waals surface area contributed by atoms with Gasteiger partial charge in [-0.25, -0.2) is 9.48 Å². The van der Waals surface area contributed by atoms with Crippen LogP contribution in [0.5, 0.6) is 0 Å². The fourth-order valence-corrected chi connectivity index (χ4v) is 1.47. The third-order valence-electron chi connectivity index (χ3n) is 2.37. The summed E-state index contributed by atoms with van der Waals surface area (Å²) in [5.74, 6) is -0.686. The number of methoxy groups -OCH3 is 1. The molecular formula is C10H11N3O3. The number of carbonyl (C=O) groups is 1. The molecule has 1 unspecified atom stereocenters. The van der Waals surface area contributed by atoms with Crippen molar-refractivity contribution in [3.05, 3.63) is 23.8 Å². The molecule has 84 valence electrons. The highest BCUT2D eigenvalue weighted by atomic mass is 16.5. The monoisotopic (exact) mass is 221 g/mol. The smallest absolute Gasteiger partial charge is 0.339 e. The van der Waals surface area contributed by atoms with Gasteiger partial charge in [0.1, 0.15) is 5.52 Å². The number of rotatable bonds is 2. The first kappa shape index (κ1) is 10.6. The lowest BCUT2D eigenvalue weighted by Gasteiger charge is -2.08. The maximum absolute atomic E-state index is 11.2. The summed E-state index contributed by atoms with van der Waals surface area (Å²) in [5.41, 5.74) is 1.92. The van der Waals surface area contributed by atoms with Gasteiger partial charge in [0.25, 0.3) is 0 Å². The number of aliphatic hydroxyl groups is 1. The Morgan fingerprint density at radius 3 is 3.00 bits per heavy atom. The second-order valence-corrected chi connectivity index (χ2v) is 3.39. The number of ether oxygens (including phenoxy) is 1. The first-order valence-corrected chi connectivity index (χ1v) is 4.68. The number of benzene rings is 1. The molecule has 1 N–H and O–H groups in total. The Kier molecular flexibility index (Phi) is 2.57. The number of carbonyl (C=O) groups excluding carboxylic acids is 1. The summed E-state index contributed by atoms with van der Waals surface area (Å²) < 4.78 is 6.04. The number of aromatic nitrogens is 3. The molecule has 16 heavy (non-hydrogen) atoms. The molecule has 0 aliphatic rings. The first-order valence-electron chi connectivity index (χ1n) is 4.68. The summed E-state index contributed by atoms with van der Waals surface area (Å²) in [6, 6.07) is 4.99. The van der Waals surface area contributed by atoms with Crippen LogP contribution in [-0.4, -0.2) is 33.2 Å². The summed E-state index contributed by atoms with van der Waals surface area (Å²) in [4.78, 5) is 11.2. The fourth-order valence-electron chi connectivity index (χ4n) is 1.47. The maximum Gasteiger partial charge on any atom is 0.339 e. The van der Waals surface area contributed by atoms with Crippen molar-refractivity contribution in [1.29, 1.82) is 0 Å². The SMILES string of the molecule is COC(=O)C(O)c1ccc2nnn(C)c2c1. The normalized spacial score (nSPS) is 12.7. The van der Waals surface area contributed by atoms with Crippen molar-refractivity contribution in [3.63, 3.8) is 0 Å². The van der Waals surface area contributed by atoms with Crippen LogP contribution < -0.4 is 0 Å². The van der Waals surface area contributed by atoms with Crippen molar-refractivity contribution in [1.82, 2.24) is 15.0 Å². The number of nitrogens with zero attached hydrogens (tertiary/aromatic N) is 3. The second-order valence-electron chi connectivity index (χ2n) is 3.39. The Morgan fingerprint density at radius 1 is 1.56 bits per heavy atom. The van der Waals surface area contributed by atoms with E-state index in [4.69, 9.17) is 0 Å². The van der Waals surface area contributed by atoms with E-state index in [9.17, 15) is 9.90 Å². The van der Waals surface area contributed by atoms with Gasteiger partial charge in [-0.2, -0.15) is 0 Å². The highest BCUT2D eigenvalue weighted by molar-refractivity contribution is 5.80. The number of fused-ring (bicyclic) bond motifs is 1. The highest BCUT2D eigenvalue weighted by Crippen LogP contribution is 2.19. The van der Waals surface area contributed by atoms with E-state index in [0.717, 1.165) is 5.52 Å². The molecule has 0 spiro atoms. The van der Waals surface area contributed by atoms with Crippen LogP contribution in [0.25, 0.3) is 11.0 Å². The molecule has 0 saturated carbocycles. The summed E-state index contributed by atoms with van der Waals surface area (Å²) in [5, 5.41) is 17.4. The van der Waals surface area contributed by atoms with Crippen LogP contribution in [0.4, 0.5) is 0 Å².